The molecule has 0 aliphatic heterocycles. The first-order valence-corrected chi connectivity index (χ1v) is 14.8. The summed E-state index contributed by atoms with van der Waals surface area (Å²) in [6, 6.07) is 10.2. The fourth-order valence-corrected chi connectivity index (χ4v) is 5.71. The number of rotatable bonds is 5. The van der Waals surface area contributed by atoms with E-state index in [4.69, 9.17) is 36.8 Å². The van der Waals surface area contributed by atoms with E-state index in [1.165, 1.54) is 0 Å². The molecule has 33 heavy (non-hydrogen) atoms. The van der Waals surface area contributed by atoms with Gasteiger partial charge in [0.1, 0.15) is 11.6 Å². The highest BCUT2D eigenvalue weighted by molar-refractivity contribution is 6.74. The van der Waals surface area contributed by atoms with E-state index in [1.807, 2.05) is 0 Å². The molecule has 0 amide bonds. The van der Waals surface area contributed by atoms with Crippen LogP contribution in [0.3, 0.4) is 0 Å². The van der Waals surface area contributed by atoms with Crippen molar-refractivity contribution in [3.05, 3.63) is 52.0 Å². The number of aromatic nitrogens is 1. The van der Waals surface area contributed by atoms with Crippen molar-refractivity contribution in [1.82, 2.24) is 4.98 Å². The second-order valence-electron chi connectivity index (χ2n) is 10.2. The van der Waals surface area contributed by atoms with Crippen LogP contribution in [0.1, 0.15) is 50.4 Å². The van der Waals surface area contributed by atoms with Gasteiger partial charge in [0.05, 0.1) is 5.56 Å². The van der Waals surface area contributed by atoms with Crippen LogP contribution in [0.2, 0.25) is 28.2 Å². The van der Waals surface area contributed by atoms with Crippen molar-refractivity contribution < 1.29 is 18.4 Å². The second-order valence-corrected chi connectivity index (χ2v) is 15.8. The van der Waals surface area contributed by atoms with Crippen molar-refractivity contribution in [2.45, 2.75) is 70.4 Å². The van der Waals surface area contributed by atoms with E-state index in [9.17, 15) is 4.79 Å². The summed E-state index contributed by atoms with van der Waals surface area (Å²) in [5, 5.41) is 1.15. The van der Waals surface area contributed by atoms with Crippen LogP contribution in [0, 0.1) is 0 Å². The van der Waals surface area contributed by atoms with Gasteiger partial charge in [-0.15, -0.1) is 0 Å². The van der Waals surface area contributed by atoms with Crippen molar-refractivity contribution in [3.63, 3.8) is 0 Å². The molecule has 0 radical (unpaired) electrons. The fraction of sp³-hybridized carbons (Fsp3) is 0.440. The van der Waals surface area contributed by atoms with Crippen LogP contribution in [0.4, 0.5) is 0 Å². The van der Waals surface area contributed by atoms with Gasteiger partial charge in [-0.1, -0.05) is 44.0 Å². The number of hydrogen-bond acceptors (Lipinski definition) is 5. The lowest BCUT2D eigenvalue weighted by Crippen LogP contribution is -2.43. The van der Waals surface area contributed by atoms with E-state index < -0.39 is 8.32 Å². The average molecular weight is 507 g/mol. The minimum absolute atomic E-state index is 0.137. The molecule has 1 heterocycles. The molecular weight excluding hydrogens is 477 g/mol. The Labute approximate surface area is 205 Å². The number of esters is 1. The van der Waals surface area contributed by atoms with Gasteiger partial charge < -0.3 is 13.6 Å². The number of benzene rings is 2. The summed E-state index contributed by atoms with van der Waals surface area (Å²) in [6.45, 7) is 11.2. The molecular formula is C25H29Cl2NO4Si. The van der Waals surface area contributed by atoms with Crippen molar-refractivity contribution >= 4 is 48.6 Å². The Morgan fingerprint density at radius 1 is 1.06 bits per heavy atom. The van der Waals surface area contributed by atoms with Crippen molar-refractivity contribution in [2.24, 2.45) is 0 Å². The van der Waals surface area contributed by atoms with E-state index in [0.717, 1.165) is 19.3 Å². The zero-order chi connectivity index (χ0) is 24.0. The lowest BCUT2D eigenvalue weighted by molar-refractivity contribution is 0.0290. The van der Waals surface area contributed by atoms with Crippen molar-refractivity contribution in [3.8, 4) is 11.5 Å². The van der Waals surface area contributed by atoms with Gasteiger partial charge in [-0.3, -0.25) is 0 Å². The van der Waals surface area contributed by atoms with Gasteiger partial charge in [-0.25, -0.2) is 9.78 Å². The number of hydrogen-bond donors (Lipinski definition) is 0. The van der Waals surface area contributed by atoms with Crippen LogP contribution in [0.5, 0.6) is 0 Å². The Morgan fingerprint density at radius 3 is 2.39 bits per heavy atom. The smallest absolute Gasteiger partial charge is 0.338 e. The molecule has 1 aliphatic rings. The predicted octanol–water partition coefficient (Wildman–Crippen LogP) is 7.90. The summed E-state index contributed by atoms with van der Waals surface area (Å²) in [4.78, 5) is 17.3. The van der Waals surface area contributed by atoms with Gasteiger partial charge >= 0.3 is 5.97 Å². The number of ether oxygens (including phenoxy) is 1. The Bertz CT molecular complexity index is 1160. The third kappa shape index (κ3) is 5.45. The maximum atomic E-state index is 12.8. The largest absolute Gasteiger partial charge is 0.459 e. The Kier molecular flexibility index (Phi) is 6.66. The lowest BCUT2D eigenvalue weighted by atomic mass is 10.2. The average Bonchev–Trinajstić information content (AvgIpc) is 3.32. The zero-order valence-electron chi connectivity index (χ0n) is 19.6. The molecule has 0 N–H and O–H groups in total. The number of oxazole rings is 1. The SMILES string of the molecule is CC(C)(C)[Si](C)(C)OC1CC[C@H](OC(=O)c2ccc3nc(-c4cc(Cl)cc(Cl)c4)oc3c2)C1. The number of halogens is 2. The molecule has 0 spiro atoms. The van der Waals surface area contributed by atoms with Gasteiger partial charge in [-0.05, 0) is 67.4 Å². The molecule has 3 aromatic rings. The lowest BCUT2D eigenvalue weighted by Gasteiger charge is -2.38. The number of carbonyl (C=O) groups excluding carboxylic acids is 1. The quantitative estimate of drug-likeness (QED) is 0.260. The number of nitrogens with zero attached hydrogens (tertiary/aromatic N) is 1. The van der Waals surface area contributed by atoms with E-state index in [1.54, 1.807) is 36.4 Å². The summed E-state index contributed by atoms with van der Waals surface area (Å²) in [6.07, 6.45) is 2.48. The van der Waals surface area contributed by atoms with Gasteiger partial charge in [-0.2, -0.15) is 0 Å². The third-order valence-corrected chi connectivity index (χ3v) is 11.6. The number of fused-ring (bicyclic) bond motifs is 1. The summed E-state index contributed by atoms with van der Waals surface area (Å²) in [7, 11) is -1.84. The summed E-state index contributed by atoms with van der Waals surface area (Å²) in [5.74, 6) is 0.0277. The molecule has 1 saturated carbocycles. The Morgan fingerprint density at radius 2 is 1.73 bits per heavy atom. The van der Waals surface area contributed by atoms with Crippen LogP contribution >= 0.6 is 23.2 Å². The van der Waals surface area contributed by atoms with E-state index in [2.05, 4.69) is 38.8 Å². The molecule has 8 heteroatoms. The molecule has 1 unspecified atom stereocenters. The van der Waals surface area contributed by atoms with Gasteiger partial charge in [0.2, 0.25) is 5.89 Å². The maximum absolute atomic E-state index is 12.8. The van der Waals surface area contributed by atoms with Crippen molar-refractivity contribution in [2.75, 3.05) is 0 Å². The summed E-state index contributed by atoms with van der Waals surface area (Å²) >= 11 is 12.2. The maximum Gasteiger partial charge on any atom is 0.338 e. The van der Waals surface area contributed by atoms with Crippen LogP contribution in [-0.4, -0.2) is 31.5 Å². The molecule has 2 aromatic carbocycles. The first kappa shape index (κ1) is 24.3. The van der Waals surface area contributed by atoms with Crippen LogP contribution in [0.25, 0.3) is 22.6 Å². The summed E-state index contributed by atoms with van der Waals surface area (Å²) in [5.41, 5.74) is 2.25. The number of carbonyl (C=O) groups is 1. The van der Waals surface area contributed by atoms with Gasteiger partial charge in [0.25, 0.3) is 0 Å². The molecule has 0 bridgehead atoms. The van der Waals surface area contributed by atoms with Crippen LogP contribution < -0.4 is 0 Å². The van der Waals surface area contributed by atoms with Gasteiger partial charge in [0.15, 0.2) is 13.9 Å². The minimum Gasteiger partial charge on any atom is -0.459 e. The molecule has 1 aromatic heterocycles. The monoisotopic (exact) mass is 505 g/mol. The fourth-order valence-electron chi connectivity index (χ4n) is 3.78. The van der Waals surface area contributed by atoms with Gasteiger partial charge in [0, 0.05) is 28.1 Å². The Balaban J connectivity index is 1.43. The second kappa shape index (κ2) is 9.06. The molecule has 0 saturated heterocycles. The van der Waals surface area contributed by atoms with E-state index >= 15 is 0 Å². The minimum atomic E-state index is -1.84. The summed E-state index contributed by atoms with van der Waals surface area (Å²) < 4.78 is 18.2. The first-order valence-electron chi connectivity index (χ1n) is 11.2. The Hall–Kier alpha value is -1.86. The standard InChI is InChI=1S/C25H29Cl2NO4Si/c1-25(2,3)33(4,5)32-20-8-7-19(14-20)30-24(29)15-6-9-21-22(12-15)31-23(28-21)16-10-17(26)13-18(27)11-16/h6,9-13,19-20H,7-8,14H2,1-5H3/t19-,20?/m0/s1. The normalized spacial score (nSPS) is 19.2. The highest BCUT2D eigenvalue weighted by atomic mass is 35.5. The highest BCUT2D eigenvalue weighted by Crippen LogP contribution is 2.40. The molecule has 5 nitrogen and oxygen atoms in total. The molecule has 4 rings (SSSR count). The van der Waals surface area contributed by atoms with E-state index in [0.29, 0.717) is 38.2 Å². The highest BCUT2D eigenvalue weighted by Gasteiger charge is 2.41. The molecule has 176 valence electrons. The van der Waals surface area contributed by atoms with E-state index in [-0.39, 0.29) is 23.2 Å². The van der Waals surface area contributed by atoms with Crippen LogP contribution in [0.15, 0.2) is 40.8 Å². The zero-order valence-corrected chi connectivity index (χ0v) is 22.1. The predicted molar refractivity (Wildman–Crippen MR) is 135 cm³/mol. The topological polar surface area (TPSA) is 61.6 Å². The molecule has 1 aliphatic carbocycles. The van der Waals surface area contributed by atoms with Crippen LogP contribution in [-0.2, 0) is 9.16 Å². The third-order valence-electron chi connectivity index (χ3n) is 6.61. The molecule has 2 atom stereocenters. The molecule has 1 fully saturated rings. The van der Waals surface area contributed by atoms with Crippen molar-refractivity contribution in [1.29, 1.82) is 0 Å². The first-order chi connectivity index (χ1) is 15.4.